The van der Waals surface area contributed by atoms with Crippen LogP contribution in [0.1, 0.15) is 213 Å². The first kappa shape index (κ1) is 73.6. The van der Waals surface area contributed by atoms with Crippen molar-refractivity contribution in [2.45, 2.75) is 250 Å². The summed E-state index contributed by atoms with van der Waals surface area (Å²) in [6.45, 7) is 5.64. The Labute approximate surface area is 489 Å². The first-order valence-electron chi connectivity index (χ1n) is 30.8. The molecule has 0 aromatic heterocycles. The number of allylic oxidation sites excluding steroid dienone is 24. The Hall–Kier alpha value is -5.40. The molecule has 0 amide bonds. The Bertz CT molecular complexity index is 1960. The summed E-state index contributed by atoms with van der Waals surface area (Å²) in [7, 11) is 0. The molecule has 1 fully saturated rings. The van der Waals surface area contributed by atoms with Gasteiger partial charge in [-0.1, -0.05) is 205 Å². The van der Waals surface area contributed by atoms with Crippen molar-refractivity contribution < 1.29 is 58.2 Å². The molecule has 0 aliphatic carbocycles. The molecule has 0 aromatic carbocycles. The summed E-state index contributed by atoms with van der Waals surface area (Å²) in [5, 5.41) is 31.5. The van der Waals surface area contributed by atoms with Gasteiger partial charge in [0, 0.05) is 19.3 Å². The van der Waals surface area contributed by atoms with E-state index in [4.69, 9.17) is 23.7 Å². The molecule has 81 heavy (non-hydrogen) atoms. The molecule has 1 aliphatic heterocycles. The summed E-state index contributed by atoms with van der Waals surface area (Å²) < 4.78 is 28.3. The normalized spacial score (nSPS) is 18.8. The minimum absolute atomic E-state index is 0.0266. The molecule has 12 heteroatoms. The monoisotopic (exact) mass is 1130 g/mol. The van der Waals surface area contributed by atoms with Gasteiger partial charge in [0.15, 0.2) is 24.6 Å². The fraction of sp³-hybridized carbons (Fsp3) is 0.594. The van der Waals surface area contributed by atoms with Crippen molar-refractivity contribution in [1.82, 2.24) is 0 Å². The van der Waals surface area contributed by atoms with Gasteiger partial charge in [-0.15, -0.1) is 0 Å². The number of hydrogen-bond donors (Lipinski definition) is 3. The van der Waals surface area contributed by atoms with Crippen LogP contribution in [-0.2, 0) is 42.9 Å². The van der Waals surface area contributed by atoms with E-state index in [1.807, 2.05) is 6.08 Å². The molecule has 1 rings (SSSR count). The fourth-order valence-corrected chi connectivity index (χ4v) is 8.22. The third-order valence-electron chi connectivity index (χ3n) is 12.9. The summed E-state index contributed by atoms with van der Waals surface area (Å²) in [6, 6.07) is 0. The predicted molar refractivity (Wildman–Crippen MR) is 330 cm³/mol. The van der Waals surface area contributed by atoms with Crippen LogP contribution in [0.25, 0.3) is 0 Å². The number of carbonyl (C=O) groups is 4. The van der Waals surface area contributed by atoms with E-state index in [0.717, 1.165) is 128 Å². The molecule has 1 aliphatic rings. The molecule has 6 unspecified atom stereocenters. The molecule has 0 aromatic rings. The third kappa shape index (κ3) is 44.9. The zero-order valence-corrected chi connectivity index (χ0v) is 50.0. The van der Waals surface area contributed by atoms with E-state index in [9.17, 15) is 34.5 Å². The van der Waals surface area contributed by atoms with Gasteiger partial charge in [-0.25, -0.2) is 4.79 Å². The second kappa shape index (κ2) is 55.2. The second-order valence-corrected chi connectivity index (χ2v) is 20.2. The van der Waals surface area contributed by atoms with Crippen LogP contribution in [0.2, 0.25) is 0 Å². The lowest BCUT2D eigenvalue weighted by Gasteiger charge is -2.40. The molecule has 0 bridgehead atoms. The molecular weight excluding hydrogens is 1020 g/mol. The first-order valence-corrected chi connectivity index (χ1v) is 30.8. The van der Waals surface area contributed by atoms with Gasteiger partial charge in [-0.2, -0.15) is 0 Å². The number of esters is 3. The van der Waals surface area contributed by atoms with Crippen LogP contribution >= 0.6 is 0 Å². The molecule has 0 spiro atoms. The minimum Gasteiger partial charge on any atom is -0.479 e. The van der Waals surface area contributed by atoms with Gasteiger partial charge in [0.1, 0.15) is 18.8 Å². The fourth-order valence-electron chi connectivity index (χ4n) is 8.22. The Morgan fingerprint density at radius 2 is 0.790 bits per heavy atom. The molecule has 3 N–H and O–H groups in total. The number of carbonyl (C=O) groups excluding carboxylic acids is 3. The summed E-state index contributed by atoms with van der Waals surface area (Å²) in [4.78, 5) is 51.2. The van der Waals surface area contributed by atoms with Crippen LogP contribution in [-0.4, -0.2) is 89.2 Å². The number of aliphatic carboxylic acids is 1. The average molecular weight is 1130 g/mol. The standard InChI is InChI=1S/C69H106O12/c1-4-7-10-13-16-19-22-25-28-30-31-33-36-39-42-45-48-51-54-57-63(72)80-67-65(74)64(73)66(68(75)76)81-69(67)78-59-60(79-62(71)56-53-50-47-44-41-38-34-27-24-21-18-15-12-9-6-3)58-77-61(70)55-52-49-46-43-40-37-35-32-29-26-23-20-17-14-11-8-5-2/h8-9,11-12,16-21,25-29,31,33-35,37,41,43-44,46,60,64-67,69,73-74H,4-7,10,13-15,22-24,30,32,36,38-40,42,45,47-59H2,1-3H3,(H,75,76)/b11-8-,12-9-,19-16-,20-17-,21-18-,28-25-,29-26-,33-31-,34-27-,37-35-,44-41-,46-43-. The van der Waals surface area contributed by atoms with E-state index in [2.05, 4.69) is 161 Å². The summed E-state index contributed by atoms with van der Waals surface area (Å²) in [6.07, 6.45) is 66.7. The third-order valence-corrected chi connectivity index (χ3v) is 12.9. The van der Waals surface area contributed by atoms with E-state index >= 15 is 0 Å². The number of rotatable bonds is 50. The number of hydrogen-bond acceptors (Lipinski definition) is 11. The van der Waals surface area contributed by atoms with Crippen LogP contribution in [0, 0.1) is 0 Å². The zero-order valence-electron chi connectivity index (χ0n) is 50.0. The van der Waals surface area contributed by atoms with Crippen LogP contribution in [0.3, 0.4) is 0 Å². The van der Waals surface area contributed by atoms with Crippen LogP contribution in [0.4, 0.5) is 0 Å². The smallest absolute Gasteiger partial charge is 0.335 e. The van der Waals surface area contributed by atoms with Gasteiger partial charge >= 0.3 is 23.9 Å². The van der Waals surface area contributed by atoms with Crippen LogP contribution in [0.15, 0.2) is 146 Å². The molecule has 1 saturated heterocycles. The van der Waals surface area contributed by atoms with E-state index < -0.39 is 67.3 Å². The highest BCUT2D eigenvalue weighted by Gasteiger charge is 2.50. The maximum absolute atomic E-state index is 13.2. The SMILES string of the molecule is CC/C=C\C/C=C\C/C=C\C/C=C\C/C=C\CCCC(=O)OCC(COC1OC(C(=O)O)C(O)C(O)C1OC(=O)CCCCCCCC/C=C\C/C=C\C/C=C\CCCCC)OC(=O)CCCC/C=C\C/C=C\C/C=C\C/C=C\CC. The highest BCUT2D eigenvalue weighted by Crippen LogP contribution is 2.26. The number of aliphatic hydroxyl groups excluding tert-OH is 2. The van der Waals surface area contributed by atoms with Gasteiger partial charge < -0.3 is 39.0 Å². The van der Waals surface area contributed by atoms with E-state index in [1.54, 1.807) is 0 Å². The zero-order chi connectivity index (χ0) is 58.9. The van der Waals surface area contributed by atoms with Crippen molar-refractivity contribution in [3.63, 3.8) is 0 Å². The second-order valence-electron chi connectivity index (χ2n) is 20.2. The molecule has 0 radical (unpaired) electrons. The Morgan fingerprint density at radius 3 is 1.25 bits per heavy atom. The van der Waals surface area contributed by atoms with Gasteiger partial charge in [0.05, 0.1) is 6.61 Å². The molecule has 0 saturated carbocycles. The van der Waals surface area contributed by atoms with Crippen molar-refractivity contribution in [2.75, 3.05) is 13.2 Å². The highest BCUT2D eigenvalue weighted by molar-refractivity contribution is 5.74. The van der Waals surface area contributed by atoms with Crippen LogP contribution in [0.5, 0.6) is 0 Å². The van der Waals surface area contributed by atoms with Gasteiger partial charge in [0.2, 0.25) is 0 Å². The summed E-state index contributed by atoms with van der Waals surface area (Å²) in [5.41, 5.74) is 0. The van der Waals surface area contributed by atoms with Crippen molar-refractivity contribution in [3.8, 4) is 0 Å². The first-order chi connectivity index (χ1) is 39.6. The Kier molecular flexibility index (Phi) is 50.1. The molecular formula is C69H106O12. The van der Waals surface area contributed by atoms with E-state index in [1.165, 1.54) is 19.3 Å². The number of ether oxygens (including phenoxy) is 5. The Morgan fingerprint density at radius 1 is 0.420 bits per heavy atom. The van der Waals surface area contributed by atoms with Gasteiger partial charge in [-0.05, 0) is 135 Å². The van der Waals surface area contributed by atoms with Crippen LogP contribution < -0.4 is 0 Å². The van der Waals surface area contributed by atoms with E-state index in [0.29, 0.717) is 25.7 Å². The number of carboxylic acids is 1. The number of aliphatic hydroxyl groups is 2. The number of carboxylic acid groups (broad SMARTS) is 1. The van der Waals surface area contributed by atoms with Gasteiger partial charge in [-0.3, -0.25) is 14.4 Å². The Balaban J connectivity index is 2.75. The molecule has 454 valence electrons. The molecule has 6 atom stereocenters. The maximum atomic E-state index is 13.2. The summed E-state index contributed by atoms with van der Waals surface area (Å²) in [5.74, 6) is -3.30. The lowest BCUT2D eigenvalue weighted by Crippen LogP contribution is -2.61. The maximum Gasteiger partial charge on any atom is 0.335 e. The highest BCUT2D eigenvalue weighted by atomic mass is 16.7. The van der Waals surface area contributed by atoms with Crippen molar-refractivity contribution in [2.24, 2.45) is 0 Å². The number of unbranched alkanes of at least 4 members (excludes halogenated alkanes) is 12. The average Bonchev–Trinajstić information content (AvgIpc) is 3.53. The molecule has 1 heterocycles. The van der Waals surface area contributed by atoms with Crippen molar-refractivity contribution >= 4 is 23.9 Å². The van der Waals surface area contributed by atoms with Gasteiger partial charge in [0.25, 0.3) is 0 Å². The lowest BCUT2D eigenvalue weighted by molar-refractivity contribution is -0.301. The topological polar surface area (TPSA) is 175 Å². The predicted octanol–water partition coefficient (Wildman–Crippen LogP) is 16.3. The van der Waals surface area contributed by atoms with Crippen molar-refractivity contribution in [1.29, 1.82) is 0 Å². The summed E-state index contributed by atoms with van der Waals surface area (Å²) >= 11 is 0. The minimum atomic E-state index is -1.93. The van der Waals surface area contributed by atoms with Crippen molar-refractivity contribution in [3.05, 3.63) is 146 Å². The lowest BCUT2D eigenvalue weighted by atomic mass is 9.98. The quantitative estimate of drug-likeness (QED) is 0.0228. The largest absolute Gasteiger partial charge is 0.479 e. The van der Waals surface area contributed by atoms with E-state index in [-0.39, 0.29) is 25.9 Å². The molecule has 12 nitrogen and oxygen atoms in total.